The number of aromatic amines is 1. The van der Waals surface area contributed by atoms with Gasteiger partial charge in [-0.2, -0.15) is 5.26 Å². The topological polar surface area (TPSA) is 65.9 Å². The third-order valence-corrected chi connectivity index (χ3v) is 3.71. The van der Waals surface area contributed by atoms with Crippen molar-refractivity contribution in [1.82, 2.24) is 4.98 Å². The van der Waals surface area contributed by atoms with Gasteiger partial charge in [-0.25, -0.2) is 0 Å². The van der Waals surface area contributed by atoms with Crippen LogP contribution in [0.4, 0.5) is 0 Å². The third-order valence-electron chi connectivity index (χ3n) is 3.71. The first-order chi connectivity index (χ1) is 11.1. The van der Waals surface area contributed by atoms with Crippen molar-refractivity contribution >= 4 is 10.8 Å². The lowest BCUT2D eigenvalue weighted by Crippen LogP contribution is -2.12. The average Bonchev–Trinajstić information content (AvgIpc) is 2.54. The Labute approximate surface area is 134 Å². The fraction of sp³-hybridized carbons (Fsp3) is 0.158. The number of hydrogen-bond donors (Lipinski definition) is 1. The first-order valence-corrected chi connectivity index (χ1v) is 7.43. The highest BCUT2D eigenvalue weighted by Crippen LogP contribution is 2.28. The number of pyridine rings is 1. The lowest BCUT2D eigenvalue weighted by Gasteiger charge is -2.08. The molecule has 4 heteroatoms. The summed E-state index contributed by atoms with van der Waals surface area (Å²) in [5.74, 6) is 0.831. The van der Waals surface area contributed by atoms with E-state index in [2.05, 4.69) is 4.98 Å². The maximum Gasteiger partial charge on any atom is 0.266 e. The number of hydrogen-bond acceptors (Lipinski definition) is 3. The molecule has 0 aliphatic rings. The predicted octanol–water partition coefficient (Wildman–Crippen LogP) is 3.77. The monoisotopic (exact) mass is 304 g/mol. The van der Waals surface area contributed by atoms with Gasteiger partial charge in [0.2, 0.25) is 0 Å². The second-order valence-electron chi connectivity index (χ2n) is 5.34. The number of aryl methyl sites for hydroxylation is 1. The van der Waals surface area contributed by atoms with E-state index in [0.717, 1.165) is 27.8 Å². The summed E-state index contributed by atoms with van der Waals surface area (Å²) in [5.41, 5.74) is 2.03. The van der Waals surface area contributed by atoms with E-state index >= 15 is 0 Å². The second kappa shape index (κ2) is 5.98. The highest BCUT2D eigenvalue weighted by Gasteiger charge is 2.10. The van der Waals surface area contributed by atoms with Crippen molar-refractivity contribution in [3.63, 3.8) is 0 Å². The third kappa shape index (κ3) is 2.82. The van der Waals surface area contributed by atoms with Gasteiger partial charge in [-0.05, 0) is 54.4 Å². The smallest absolute Gasteiger partial charge is 0.266 e. The molecule has 2 aromatic carbocycles. The van der Waals surface area contributed by atoms with E-state index in [1.165, 1.54) is 0 Å². The Bertz CT molecular complexity index is 981. The van der Waals surface area contributed by atoms with Gasteiger partial charge < -0.3 is 9.72 Å². The van der Waals surface area contributed by atoms with E-state index in [1.54, 1.807) is 0 Å². The van der Waals surface area contributed by atoms with Crippen LogP contribution in [-0.2, 0) is 0 Å². The molecule has 0 saturated carbocycles. The zero-order valence-corrected chi connectivity index (χ0v) is 13.0. The molecule has 0 aliphatic heterocycles. The number of H-pyrrole nitrogens is 1. The van der Waals surface area contributed by atoms with Gasteiger partial charge in [0.25, 0.3) is 5.56 Å². The highest BCUT2D eigenvalue weighted by atomic mass is 16.5. The van der Waals surface area contributed by atoms with Crippen LogP contribution in [0.2, 0.25) is 0 Å². The largest absolute Gasteiger partial charge is 0.494 e. The lowest BCUT2D eigenvalue weighted by atomic mass is 9.98. The molecule has 23 heavy (non-hydrogen) atoms. The van der Waals surface area contributed by atoms with Crippen LogP contribution in [0.5, 0.6) is 5.75 Å². The van der Waals surface area contributed by atoms with Crippen LogP contribution in [-0.4, -0.2) is 11.6 Å². The quantitative estimate of drug-likeness (QED) is 0.801. The van der Waals surface area contributed by atoms with E-state index in [9.17, 15) is 10.1 Å². The standard InChI is InChI=1S/C19H16N2O2/c1-3-23-16-7-6-13-9-15(5-4-14(13)10-16)17-8-12(2)21-19(22)18(17)11-20/h4-10H,3H2,1-2H3,(H,21,22). The minimum absolute atomic E-state index is 0.140. The number of ether oxygens (including phenoxy) is 1. The number of rotatable bonds is 3. The van der Waals surface area contributed by atoms with Gasteiger partial charge in [-0.3, -0.25) is 4.79 Å². The number of benzene rings is 2. The predicted molar refractivity (Wildman–Crippen MR) is 90.6 cm³/mol. The molecule has 1 heterocycles. The number of nitriles is 1. The zero-order chi connectivity index (χ0) is 16.4. The van der Waals surface area contributed by atoms with Crippen LogP contribution in [0, 0.1) is 18.3 Å². The van der Waals surface area contributed by atoms with Crippen LogP contribution in [0.15, 0.2) is 47.3 Å². The Kier molecular flexibility index (Phi) is 3.86. The summed E-state index contributed by atoms with van der Waals surface area (Å²) < 4.78 is 5.51. The van der Waals surface area contributed by atoms with Gasteiger partial charge in [0.1, 0.15) is 17.4 Å². The number of nitrogens with zero attached hydrogens (tertiary/aromatic N) is 1. The Morgan fingerprint density at radius 3 is 2.61 bits per heavy atom. The van der Waals surface area contributed by atoms with E-state index in [4.69, 9.17) is 4.74 Å². The molecule has 0 fully saturated rings. The normalized spacial score (nSPS) is 10.5. The number of fused-ring (bicyclic) bond motifs is 1. The van der Waals surface area contributed by atoms with E-state index in [-0.39, 0.29) is 11.1 Å². The molecule has 0 amide bonds. The summed E-state index contributed by atoms with van der Waals surface area (Å²) in [6, 6.07) is 15.6. The summed E-state index contributed by atoms with van der Waals surface area (Å²) in [7, 11) is 0. The van der Waals surface area contributed by atoms with Gasteiger partial charge in [0.15, 0.2) is 0 Å². The number of aromatic nitrogens is 1. The Balaban J connectivity index is 2.17. The Morgan fingerprint density at radius 2 is 1.87 bits per heavy atom. The summed E-state index contributed by atoms with van der Waals surface area (Å²) in [4.78, 5) is 14.6. The van der Waals surface area contributed by atoms with Crippen molar-refractivity contribution in [1.29, 1.82) is 5.26 Å². The van der Waals surface area contributed by atoms with Crippen molar-refractivity contribution in [2.45, 2.75) is 13.8 Å². The molecule has 1 N–H and O–H groups in total. The van der Waals surface area contributed by atoms with Crippen molar-refractivity contribution in [2.75, 3.05) is 6.61 Å². The van der Waals surface area contributed by atoms with Crippen molar-refractivity contribution in [3.05, 3.63) is 64.1 Å². The summed E-state index contributed by atoms with van der Waals surface area (Å²) >= 11 is 0. The summed E-state index contributed by atoms with van der Waals surface area (Å²) in [6.07, 6.45) is 0. The van der Waals surface area contributed by atoms with E-state index < -0.39 is 0 Å². The molecule has 114 valence electrons. The first-order valence-electron chi connectivity index (χ1n) is 7.43. The molecule has 0 bridgehead atoms. The Morgan fingerprint density at radius 1 is 1.13 bits per heavy atom. The summed E-state index contributed by atoms with van der Waals surface area (Å²) in [5, 5.41) is 11.4. The maximum atomic E-state index is 12.0. The first kappa shape index (κ1) is 14.9. The molecule has 1 aromatic heterocycles. The molecule has 0 unspecified atom stereocenters. The average molecular weight is 304 g/mol. The fourth-order valence-electron chi connectivity index (χ4n) is 2.68. The molecule has 0 saturated heterocycles. The fourth-order valence-corrected chi connectivity index (χ4v) is 2.68. The molecule has 3 aromatic rings. The minimum Gasteiger partial charge on any atom is -0.494 e. The maximum absolute atomic E-state index is 12.0. The van der Waals surface area contributed by atoms with Crippen molar-refractivity contribution in [3.8, 4) is 22.9 Å². The molecular formula is C19H16N2O2. The van der Waals surface area contributed by atoms with Gasteiger partial charge in [-0.15, -0.1) is 0 Å². The zero-order valence-electron chi connectivity index (χ0n) is 13.0. The highest BCUT2D eigenvalue weighted by molar-refractivity contribution is 5.89. The number of nitrogens with one attached hydrogen (secondary N) is 1. The molecular weight excluding hydrogens is 288 g/mol. The van der Waals surface area contributed by atoms with Crippen LogP contribution in [0.3, 0.4) is 0 Å². The van der Waals surface area contributed by atoms with Gasteiger partial charge in [0, 0.05) is 11.3 Å². The van der Waals surface area contributed by atoms with Crippen LogP contribution in [0.25, 0.3) is 21.9 Å². The van der Waals surface area contributed by atoms with Crippen molar-refractivity contribution < 1.29 is 4.74 Å². The minimum atomic E-state index is -0.353. The van der Waals surface area contributed by atoms with Crippen LogP contribution < -0.4 is 10.3 Å². The Hall–Kier alpha value is -3.06. The van der Waals surface area contributed by atoms with Gasteiger partial charge >= 0.3 is 0 Å². The summed E-state index contributed by atoms with van der Waals surface area (Å²) in [6.45, 7) is 4.38. The van der Waals surface area contributed by atoms with E-state index in [1.807, 2.05) is 62.4 Å². The lowest BCUT2D eigenvalue weighted by molar-refractivity contribution is 0.341. The van der Waals surface area contributed by atoms with E-state index in [0.29, 0.717) is 12.2 Å². The van der Waals surface area contributed by atoms with Gasteiger partial charge in [-0.1, -0.05) is 18.2 Å². The second-order valence-corrected chi connectivity index (χ2v) is 5.34. The molecule has 4 nitrogen and oxygen atoms in total. The molecule has 3 rings (SSSR count). The molecule has 0 aliphatic carbocycles. The SMILES string of the molecule is CCOc1ccc2cc(-c3cc(C)[nH]c(=O)c3C#N)ccc2c1. The van der Waals surface area contributed by atoms with Gasteiger partial charge in [0.05, 0.1) is 6.61 Å². The molecule has 0 spiro atoms. The van der Waals surface area contributed by atoms with Crippen molar-refractivity contribution in [2.24, 2.45) is 0 Å². The van der Waals surface area contributed by atoms with Crippen LogP contribution >= 0.6 is 0 Å². The molecule has 0 atom stereocenters. The van der Waals surface area contributed by atoms with Crippen LogP contribution in [0.1, 0.15) is 18.2 Å². The molecule has 0 radical (unpaired) electrons.